The first-order valence-corrected chi connectivity index (χ1v) is 10.1. The molecule has 1 amide bonds. The van der Waals surface area contributed by atoms with E-state index < -0.39 is 12.2 Å². The van der Waals surface area contributed by atoms with E-state index in [1.165, 1.54) is 11.6 Å². The van der Waals surface area contributed by atoms with Gasteiger partial charge >= 0.3 is 6.16 Å². The smallest absolute Gasteiger partial charge is 0.430 e. The average molecular weight is 408 g/mol. The molecule has 0 saturated heterocycles. The number of fused-ring (bicyclic) bond motifs is 1. The highest BCUT2D eigenvalue weighted by atomic mass is 16.7. The van der Waals surface area contributed by atoms with E-state index in [2.05, 4.69) is 12.6 Å². The summed E-state index contributed by atoms with van der Waals surface area (Å²) in [5.41, 5.74) is 11.3. The number of para-hydroxylation sites is 1. The van der Waals surface area contributed by atoms with Crippen molar-refractivity contribution in [2.24, 2.45) is 5.73 Å². The molecule has 0 fully saturated rings. The minimum atomic E-state index is -0.780. The fraction of sp³-hybridized carbons (Fsp3) is 0.333. The van der Waals surface area contributed by atoms with Crippen LogP contribution < -0.4 is 15.4 Å². The van der Waals surface area contributed by atoms with Crippen LogP contribution in [0.15, 0.2) is 49.1 Å². The minimum absolute atomic E-state index is 0.0747. The van der Waals surface area contributed by atoms with Gasteiger partial charge in [0.25, 0.3) is 0 Å². The Bertz CT molecular complexity index is 931. The molecule has 1 heterocycles. The van der Waals surface area contributed by atoms with Crippen LogP contribution in [0.2, 0.25) is 0 Å². The van der Waals surface area contributed by atoms with Crippen LogP contribution in [-0.4, -0.2) is 31.3 Å². The number of rotatable bonds is 6. The van der Waals surface area contributed by atoms with E-state index in [4.69, 9.17) is 15.2 Å². The van der Waals surface area contributed by atoms with Gasteiger partial charge in [-0.05, 0) is 73.6 Å². The third-order valence-corrected chi connectivity index (χ3v) is 5.31. The Balaban J connectivity index is 1.72. The standard InChI is InChI=1S/C24H28N2O4/c1-4-12-29-24(28)30-19-13-16(2)20(17(3)14-19)15-21(25)23(27)26-11-7-9-18-8-5-6-10-22(18)26/h4-6,8,10,13-14,21H,1,7,9,11-12,15,25H2,2-3H3/t21-/m1/s1. The van der Waals surface area contributed by atoms with Gasteiger partial charge in [0.15, 0.2) is 0 Å². The van der Waals surface area contributed by atoms with Crippen molar-refractivity contribution in [3.05, 3.63) is 71.3 Å². The first-order valence-electron chi connectivity index (χ1n) is 10.1. The Morgan fingerprint density at radius 2 is 1.93 bits per heavy atom. The number of benzene rings is 2. The maximum Gasteiger partial charge on any atom is 0.514 e. The van der Waals surface area contributed by atoms with Gasteiger partial charge in [-0.15, -0.1) is 0 Å². The van der Waals surface area contributed by atoms with Crippen LogP contribution in [0.25, 0.3) is 0 Å². The lowest BCUT2D eigenvalue weighted by Gasteiger charge is -2.31. The maximum absolute atomic E-state index is 13.1. The molecule has 1 aliphatic heterocycles. The van der Waals surface area contributed by atoms with Gasteiger partial charge in [-0.25, -0.2) is 4.79 Å². The van der Waals surface area contributed by atoms with E-state index in [-0.39, 0.29) is 12.5 Å². The van der Waals surface area contributed by atoms with Crippen molar-refractivity contribution in [1.29, 1.82) is 0 Å². The maximum atomic E-state index is 13.1. The largest absolute Gasteiger partial charge is 0.514 e. The second-order valence-corrected chi connectivity index (χ2v) is 7.52. The summed E-state index contributed by atoms with van der Waals surface area (Å²) in [7, 11) is 0. The Morgan fingerprint density at radius 1 is 1.23 bits per heavy atom. The molecule has 0 saturated carbocycles. The lowest BCUT2D eigenvalue weighted by Crippen LogP contribution is -2.47. The number of carbonyl (C=O) groups is 2. The van der Waals surface area contributed by atoms with Crippen molar-refractivity contribution >= 4 is 17.7 Å². The fourth-order valence-electron chi connectivity index (χ4n) is 3.86. The number of anilines is 1. The summed E-state index contributed by atoms with van der Waals surface area (Å²) in [5, 5.41) is 0. The molecule has 0 spiro atoms. The van der Waals surface area contributed by atoms with Gasteiger partial charge in [0.05, 0.1) is 6.04 Å². The van der Waals surface area contributed by atoms with E-state index in [1.807, 2.05) is 32.0 Å². The molecule has 0 aliphatic carbocycles. The number of nitrogens with zero attached hydrogens (tertiary/aromatic N) is 1. The Labute approximate surface area is 177 Å². The molecule has 158 valence electrons. The number of ether oxygens (including phenoxy) is 2. The Hall–Kier alpha value is -3.12. The summed E-state index contributed by atoms with van der Waals surface area (Å²) >= 11 is 0. The topological polar surface area (TPSA) is 81.9 Å². The van der Waals surface area contributed by atoms with Crippen LogP contribution in [0.3, 0.4) is 0 Å². The summed E-state index contributed by atoms with van der Waals surface area (Å²) in [6, 6.07) is 10.8. The molecule has 30 heavy (non-hydrogen) atoms. The number of aryl methyl sites for hydroxylation is 3. The number of carbonyl (C=O) groups excluding carboxylic acids is 2. The van der Waals surface area contributed by atoms with Gasteiger partial charge in [0.2, 0.25) is 5.91 Å². The van der Waals surface area contributed by atoms with Crippen molar-refractivity contribution < 1.29 is 19.1 Å². The van der Waals surface area contributed by atoms with Crippen molar-refractivity contribution in [2.75, 3.05) is 18.1 Å². The van der Waals surface area contributed by atoms with Gasteiger partial charge in [-0.2, -0.15) is 0 Å². The van der Waals surface area contributed by atoms with Crippen LogP contribution in [0.4, 0.5) is 10.5 Å². The monoisotopic (exact) mass is 408 g/mol. The summed E-state index contributed by atoms with van der Waals surface area (Å²) in [4.78, 5) is 26.6. The Morgan fingerprint density at radius 3 is 2.63 bits per heavy atom. The molecule has 0 aromatic heterocycles. The zero-order valence-corrected chi connectivity index (χ0v) is 17.5. The minimum Gasteiger partial charge on any atom is -0.430 e. The second-order valence-electron chi connectivity index (χ2n) is 7.52. The average Bonchev–Trinajstić information content (AvgIpc) is 2.73. The number of amides is 1. The summed E-state index contributed by atoms with van der Waals surface area (Å²) in [6.45, 7) is 8.09. The van der Waals surface area contributed by atoms with Crippen molar-refractivity contribution in [3.63, 3.8) is 0 Å². The fourth-order valence-corrected chi connectivity index (χ4v) is 3.86. The van der Waals surface area contributed by atoms with Gasteiger partial charge in [0.1, 0.15) is 12.4 Å². The zero-order valence-electron chi connectivity index (χ0n) is 17.5. The SMILES string of the molecule is C=CCOC(=O)Oc1cc(C)c(C[C@@H](N)C(=O)N2CCCc3ccccc32)c(C)c1. The first-order chi connectivity index (χ1) is 14.4. The molecular formula is C24H28N2O4. The predicted molar refractivity (Wildman–Crippen MR) is 117 cm³/mol. The van der Waals surface area contributed by atoms with Crippen LogP contribution in [-0.2, 0) is 22.4 Å². The number of hydrogen-bond acceptors (Lipinski definition) is 5. The zero-order chi connectivity index (χ0) is 21.7. The first kappa shape index (κ1) is 21.6. The summed E-state index contributed by atoms with van der Waals surface area (Å²) in [6.07, 6.45) is 3.01. The van der Waals surface area contributed by atoms with Crippen LogP contribution in [0.5, 0.6) is 5.75 Å². The van der Waals surface area contributed by atoms with E-state index in [9.17, 15) is 9.59 Å². The van der Waals surface area contributed by atoms with E-state index >= 15 is 0 Å². The molecule has 1 aliphatic rings. The van der Waals surface area contributed by atoms with Crippen molar-refractivity contribution in [1.82, 2.24) is 0 Å². The molecule has 3 rings (SSSR count). The van der Waals surface area contributed by atoms with Crippen molar-refractivity contribution in [2.45, 2.75) is 39.2 Å². The second kappa shape index (κ2) is 9.59. The Kier molecular flexibility index (Phi) is 6.90. The van der Waals surface area contributed by atoms with Crippen LogP contribution >= 0.6 is 0 Å². The van der Waals surface area contributed by atoms with E-state index in [0.717, 1.165) is 35.2 Å². The molecule has 1 atom stereocenters. The highest BCUT2D eigenvalue weighted by Gasteiger charge is 2.27. The van der Waals surface area contributed by atoms with Crippen LogP contribution in [0.1, 0.15) is 28.7 Å². The lowest BCUT2D eigenvalue weighted by atomic mass is 9.94. The van der Waals surface area contributed by atoms with Gasteiger partial charge in [0, 0.05) is 12.2 Å². The molecule has 2 N–H and O–H groups in total. The molecular weight excluding hydrogens is 380 g/mol. The molecule has 0 unspecified atom stereocenters. The molecule has 0 radical (unpaired) electrons. The van der Waals surface area contributed by atoms with Crippen molar-refractivity contribution in [3.8, 4) is 5.75 Å². The molecule has 6 nitrogen and oxygen atoms in total. The van der Waals surface area contributed by atoms with Gasteiger partial charge < -0.3 is 20.1 Å². The highest BCUT2D eigenvalue weighted by molar-refractivity contribution is 5.98. The highest BCUT2D eigenvalue weighted by Crippen LogP contribution is 2.28. The van der Waals surface area contributed by atoms with Gasteiger partial charge in [-0.1, -0.05) is 30.9 Å². The summed E-state index contributed by atoms with van der Waals surface area (Å²) in [5.74, 6) is 0.321. The van der Waals surface area contributed by atoms with Crippen LogP contribution in [0, 0.1) is 13.8 Å². The third kappa shape index (κ3) is 4.89. The molecule has 6 heteroatoms. The lowest BCUT2D eigenvalue weighted by molar-refractivity contribution is -0.119. The quantitative estimate of drug-likeness (QED) is 0.446. The number of nitrogens with two attached hydrogens (primary N) is 1. The normalized spacial score (nSPS) is 13.9. The third-order valence-electron chi connectivity index (χ3n) is 5.31. The molecule has 2 aromatic rings. The summed E-state index contributed by atoms with van der Waals surface area (Å²) < 4.78 is 10.1. The molecule has 2 aromatic carbocycles. The number of hydrogen-bond donors (Lipinski definition) is 1. The van der Waals surface area contributed by atoms with E-state index in [0.29, 0.717) is 18.7 Å². The van der Waals surface area contributed by atoms with Gasteiger partial charge in [-0.3, -0.25) is 4.79 Å². The molecule has 0 bridgehead atoms. The van der Waals surface area contributed by atoms with E-state index in [1.54, 1.807) is 17.0 Å². The predicted octanol–water partition coefficient (Wildman–Crippen LogP) is 3.85.